The number of carbonyl (C=O) groups is 1. The summed E-state index contributed by atoms with van der Waals surface area (Å²) in [6, 6.07) is 12.4. The van der Waals surface area contributed by atoms with Gasteiger partial charge in [0.2, 0.25) is 5.75 Å². The van der Waals surface area contributed by atoms with Crippen LogP contribution in [0, 0.1) is 17.0 Å². The van der Waals surface area contributed by atoms with Crippen LogP contribution in [0.2, 0.25) is 0 Å². The average Bonchev–Trinajstić information content (AvgIpc) is 3.19. The van der Waals surface area contributed by atoms with Crippen molar-refractivity contribution < 1.29 is 19.2 Å². The molecule has 0 bridgehead atoms. The molecule has 0 aliphatic rings. The van der Waals surface area contributed by atoms with Crippen molar-refractivity contribution in [1.82, 2.24) is 10.4 Å². The molecule has 0 unspecified atom stereocenters. The van der Waals surface area contributed by atoms with Gasteiger partial charge in [0.1, 0.15) is 10.7 Å². The van der Waals surface area contributed by atoms with Crippen LogP contribution >= 0.6 is 11.3 Å². The minimum absolute atomic E-state index is 0.0621. The van der Waals surface area contributed by atoms with E-state index in [1.807, 2.05) is 44.2 Å². The number of thiazole rings is 1. The van der Waals surface area contributed by atoms with Crippen LogP contribution < -0.4 is 14.9 Å². The Morgan fingerprint density at radius 3 is 2.72 bits per heavy atom. The molecule has 0 aliphatic heterocycles. The van der Waals surface area contributed by atoms with E-state index in [0.29, 0.717) is 18.6 Å². The van der Waals surface area contributed by atoms with E-state index in [1.165, 1.54) is 30.7 Å². The number of hydrazone groups is 1. The Morgan fingerprint density at radius 2 is 2.06 bits per heavy atom. The smallest absolute Gasteiger partial charge is 0.315 e. The lowest BCUT2D eigenvalue weighted by atomic mass is 10.2. The number of methoxy groups -OCH3 is 1. The van der Waals surface area contributed by atoms with Crippen molar-refractivity contribution in [3.05, 3.63) is 68.7 Å². The number of nitro benzene ring substituents is 1. The van der Waals surface area contributed by atoms with Crippen molar-refractivity contribution in [2.45, 2.75) is 20.3 Å². The van der Waals surface area contributed by atoms with Crippen LogP contribution in [0.5, 0.6) is 11.5 Å². The Kier molecular flexibility index (Phi) is 7.50. The fourth-order valence-corrected chi connectivity index (χ4v) is 3.76. The highest BCUT2D eigenvalue weighted by atomic mass is 32.1. The number of nitrogens with zero attached hydrogens (tertiary/aromatic N) is 3. The number of nitrogens with one attached hydrogen (secondary N) is 1. The Morgan fingerprint density at radius 1 is 1.31 bits per heavy atom. The molecule has 2 aromatic carbocycles. The van der Waals surface area contributed by atoms with Crippen LogP contribution in [0.4, 0.5) is 5.69 Å². The zero-order chi connectivity index (χ0) is 23.1. The van der Waals surface area contributed by atoms with Crippen molar-refractivity contribution in [2.24, 2.45) is 5.10 Å². The fraction of sp³-hybridized carbons (Fsp3) is 0.227. The minimum Gasteiger partial charge on any atom is -0.493 e. The van der Waals surface area contributed by atoms with Crippen molar-refractivity contribution >= 4 is 29.1 Å². The Bertz CT molecular complexity index is 1140. The number of rotatable bonds is 9. The van der Waals surface area contributed by atoms with E-state index in [4.69, 9.17) is 9.47 Å². The van der Waals surface area contributed by atoms with E-state index in [1.54, 1.807) is 6.07 Å². The Balaban J connectivity index is 1.78. The van der Waals surface area contributed by atoms with Gasteiger partial charge in [-0.25, -0.2) is 10.4 Å². The van der Waals surface area contributed by atoms with Gasteiger partial charge in [0.25, 0.3) is 5.91 Å². The number of nitro groups is 1. The van der Waals surface area contributed by atoms with Gasteiger partial charge in [-0.15, -0.1) is 11.3 Å². The number of hydrogen-bond donors (Lipinski definition) is 1. The SMILES string of the molecule is CCCOc1c(OC)cc(/C=N\NC(=O)c2nc(-c3ccccc3)sc2C)cc1[N+](=O)[O-]. The molecule has 1 aromatic heterocycles. The lowest BCUT2D eigenvalue weighted by Gasteiger charge is -2.11. The minimum atomic E-state index is -0.548. The second-order valence-corrected chi connectivity index (χ2v) is 7.87. The van der Waals surface area contributed by atoms with Crippen LogP contribution in [0.3, 0.4) is 0 Å². The number of carbonyl (C=O) groups excluding carboxylic acids is 1. The molecule has 0 radical (unpaired) electrons. The van der Waals surface area contributed by atoms with E-state index in [0.717, 1.165) is 15.4 Å². The number of aromatic nitrogens is 1. The van der Waals surface area contributed by atoms with E-state index < -0.39 is 10.8 Å². The predicted molar refractivity (Wildman–Crippen MR) is 123 cm³/mol. The first kappa shape index (κ1) is 22.9. The molecule has 1 N–H and O–H groups in total. The van der Waals surface area contributed by atoms with E-state index in [9.17, 15) is 14.9 Å². The van der Waals surface area contributed by atoms with Crippen LogP contribution in [0.25, 0.3) is 10.6 Å². The molecule has 1 heterocycles. The lowest BCUT2D eigenvalue weighted by Crippen LogP contribution is -2.19. The molecule has 0 atom stereocenters. The molecule has 3 aromatic rings. The third-order valence-corrected chi connectivity index (χ3v) is 5.36. The summed E-state index contributed by atoms with van der Waals surface area (Å²) in [7, 11) is 1.40. The first-order valence-electron chi connectivity index (χ1n) is 9.80. The molecule has 166 valence electrons. The largest absolute Gasteiger partial charge is 0.493 e. The summed E-state index contributed by atoms with van der Waals surface area (Å²) in [6.07, 6.45) is 1.99. The first-order chi connectivity index (χ1) is 15.4. The monoisotopic (exact) mass is 454 g/mol. The molecule has 10 heteroatoms. The second-order valence-electron chi connectivity index (χ2n) is 6.67. The van der Waals surface area contributed by atoms with Gasteiger partial charge in [-0.1, -0.05) is 37.3 Å². The number of benzene rings is 2. The summed E-state index contributed by atoms with van der Waals surface area (Å²) in [5, 5.41) is 16.1. The van der Waals surface area contributed by atoms with Crippen LogP contribution in [0.1, 0.15) is 34.3 Å². The van der Waals surface area contributed by atoms with Gasteiger partial charge >= 0.3 is 5.69 Å². The molecule has 9 nitrogen and oxygen atoms in total. The maximum atomic E-state index is 12.5. The third-order valence-electron chi connectivity index (χ3n) is 4.34. The zero-order valence-electron chi connectivity index (χ0n) is 17.8. The summed E-state index contributed by atoms with van der Waals surface area (Å²) < 4.78 is 10.7. The highest BCUT2D eigenvalue weighted by Gasteiger charge is 2.22. The van der Waals surface area contributed by atoms with Crippen molar-refractivity contribution in [2.75, 3.05) is 13.7 Å². The molecule has 3 rings (SSSR count). The summed E-state index contributed by atoms with van der Waals surface area (Å²) >= 11 is 1.41. The van der Waals surface area contributed by atoms with E-state index >= 15 is 0 Å². The summed E-state index contributed by atoms with van der Waals surface area (Å²) in [5.41, 5.74) is 3.75. The average molecular weight is 455 g/mol. The third kappa shape index (κ3) is 5.27. The molecule has 0 saturated heterocycles. The molecule has 0 spiro atoms. The standard InChI is InChI=1S/C22H22N4O5S/c1-4-10-31-20-17(26(28)29)11-15(12-18(20)30-3)13-23-25-21(27)19-14(2)32-22(24-19)16-8-6-5-7-9-16/h5-9,11-13H,4,10H2,1-3H3,(H,25,27)/b23-13-. The molecule has 0 saturated carbocycles. The summed E-state index contributed by atoms with van der Waals surface area (Å²) in [6.45, 7) is 4.03. The Hall–Kier alpha value is -3.79. The zero-order valence-corrected chi connectivity index (χ0v) is 18.6. The molecular weight excluding hydrogens is 432 g/mol. The van der Waals surface area contributed by atoms with Gasteiger partial charge in [0, 0.05) is 22.1 Å². The number of hydrogen-bond acceptors (Lipinski definition) is 8. The quantitative estimate of drug-likeness (QED) is 0.287. The van der Waals surface area contributed by atoms with Crippen molar-refractivity contribution in [1.29, 1.82) is 0 Å². The number of aryl methyl sites for hydroxylation is 1. The predicted octanol–water partition coefficient (Wildman–Crippen LogP) is 4.59. The maximum Gasteiger partial charge on any atom is 0.315 e. The summed E-state index contributed by atoms with van der Waals surface area (Å²) in [5.74, 6) is -0.197. The topological polar surface area (TPSA) is 116 Å². The fourth-order valence-electron chi connectivity index (χ4n) is 2.85. The summed E-state index contributed by atoms with van der Waals surface area (Å²) in [4.78, 5) is 28.6. The molecular formula is C22H22N4O5S. The van der Waals surface area contributed by atoms with Gasteiger partial charge < -0.3 is 9.47 Å². The first-order valence-corrected chi connectivity index (χ1v) is 10.6. The van der Waals surface area contributed by atoms with Crippen LogP contribution in [-0.4, -0.2) is 35.7 Å². The maximum absolute atomic E-state index is 12.5. The van der Waals surface area contributed by atoms with Gasteiger partial charge in [-0.05, 0) is 19.4 Å². The number of ether oxygens (including phenoxy) is 2. The molecule has 1 amide bonds. The van der Waals surface area contributed by atoms with Gasteiger partial charge in [0.15, 0.2) is 5.75 Å². The van der Waals surface area contributed by atoms with Crippen molar-refractivity contribution in [3.63, 3.8) is 0 Å². The van der Waals surface area contributed by atoms with Gasteiger partial charge in [-0.2, -0.15) is 5.10 Å². The Labute approximate surface area is 188 Å². The van der Waals surface area contributed by atoms with Gasteiger partial charge in [0.05, 0.1) is 24.9 Å². The molecule has 32 heavy (non-hydrogen) atoms. The van der Waals surface area contributed by atoms with Crippen LogP contribution in [0.15, 0.2) is 47.6 Å². The van der Waals surface area contributed by atoms with Gasteiger partial charge in [-0.3, -0.25) is 14.9 Å². The van der Waals surface area contributed by atoms with E-state index in [-0.39, 0.29) is 22.9 Å². The van der Waals surface area contributed by atoms with Crippen LogP contribution in [-0.2, 0) is 0 Å². The highest BCUT2D eigenvalue weighted by molar-refractivity contribution is 7.15. The highest BCUT2D eigenvalue weighted by Crippen LogP contribution is 2.38. The van der Waals surface area contributed by atoms with E-state index in [2.05, 4.69) is 15.5 Å². The second kappa shape index (κ2) is 10.5. The number of amides is 1. The normalized spacial score (nSPS) is 10.8. The molecule has 0 fully saturated rings. The lowest BCUT2D eigenvalue weighted by molar-refractivity contribution is -0.386. The van der Waals surface area contributed by atoms with Crippen molar-refractivity contribution in [3.8, 4) is 22.1 Å². The molecule has 0 aliphatic carbocycles.